The van der Waals surface area contributed by atoms with E-state index >= 15 is 0 Å². The van der Waals surface area contributed by atoms with Crippen LogP contribution in [0, 0.1) is 5.82 Å². The van der Waals surface area contributed by atoms with Gasteiger partial charge in [0.15, 0.2) is 5.82 Å². The number of hydrogen-bond acceptors (Lipinski definition) is 2. The van der Waals surface area contributed by atoms with Crippen LogP contribution in [-0.4, -0.2) is 4.98 Å². The van der Waals surface area contributed by atoms with Crippen LogP contribution in [0.3, 0.4) is 0 Å². The lowest BCUT2D eigenvalue weighted by atomic mass is 10.2. The van der Waals surface area contributed by atoms with E-state index in [0.717, 1.165) is 6.42 Å². The van der Waals surface area contributed by atoms with Gasteiger partial charge in [-0.25, -0.2) is 4.39 Å². The molecule has 0 fully saturated rings. The molecule has 1 aromatic heterocycles. The number of anilines is 1. The molecule has 0 aromatic carbocycles. The molecule has 60 valence electrons. The fourth-order valence-electron chi connectivity index (χ4n) is 0.915. The molecular formula is C8H11FN2. The van der Waals surface area contributed by atoms with Crippen molar-refractivity contribution in [2.24, 2.45) is 0 Å². The van der Waals surface area contributed by atoms with Crippen LogP contribution in [0.2, 0.25) is 0 Å². The monoisotopic (exact) mass is 154 g/mol. The number of rotatable bonds is 2. The molecule has 1 heterocycles. The highest BCUT2D eigenvalue weighted by atomic mass is 19.1. The van der Waals surface area contributed by atoms with Crippen LogP contribution < -0.4 is 5.73 Å². The lowest BCUT2D eigenvalue weighted by molar-refractivity contribution is 0.600. The van der Waals surface area contributed by atoms with Crippen molar-refractivity contribution >= 4 is 5.69 Å². The van der Waals surface area contributed by atoms with Gasteiger partial charge < -0.3 is 5.73 Å². The smallest absolute Gasteiger partial charge is 0.167 e. The first kappa shape index (κ1) is 7.98. The van der Waals surface area contributed by atoms with Gasteiger partial charge in [-0.3, -0.25) is 4.98 Å². The number of halogens is 1. The largest absolute Gasteiger partial charge is 0.396 e. The number of nitrogens with zero attached hydrogens (tertiary/aromatic N) is 1. The zero-order valence-electron chi connectivity index (χ0n) is 6.47. The first-order chi connectivity index (χ1) is 5.25. The quantitative estimate of drug-likeness (QED) is 0.704. The second kappa shape index (κ2) is 3.32. The standard InChI is InChI=1S/C8H11FN2/c1-2-3-7-8(9)6(10)4-5-11-7/h4-5H,2-3H2,1H3,(H2,10,11). The van der Waals surface area contributed by atoms with Gasteiger partial charge in [0.2, 0.25) is 0 Å². The molecule has 0 amide bonds. The van der Waals surface area contributed by atoms with Gasteiger partial charge in [0.25, 0.3) is 0 Å². The highest BCUT2D eigenvalue weighted by Crippen LogP contribution is 2.12. The lowest BCUT2D eigenvalue weighted by Gasteiger charge is -2.01. The molecule has 0 aliphatic rings. The van der Waals surface area contributed by atoms with Crippen molar-refractivity contribution in [2.45, 2.75) is 19.8 Å². The molecule has 2 N–H and O–H groups in total. The maximum atomic E-state index is 13.0. The maximum absolute atomic E-state index is 13.0. The van der Waals surface area contributed by atoms with Gasteiger partial charge in [-0.1, -0.05) is 13.3 Å². The minimum Gasteiger partial charge on any atom is -0.396 e. The molecule has 0 saturated carbocycles. The van der Waals surface area contributed by atoms with Gasteiger partial charge >= 0.3 is 0 Å². The Morgan fingerprint density at radius 2 is 2.36 bits per heavy atom. The van der Waals surface area contributed by atoms with E-state index in [9.17, 15) is 4.39 Å². The first-order valence-electron chi connectivity index (χ1n) is 3.64. The molecule has 0 bridgehead atoms. The number of nitrogens with two attached hydrogens (primary N) is 1. The molecule has 0 aliphatic carbocycles. The fraction of sp³-hybridized carbons (Fsp3) is 0.375. The summed E-state index contributed by atoms with van der Waals surface area (Å²) in [4.78, 5) is 3.87. The van der Waals surface area contributed by atoms with E-state index in [1.807, 2.05) is 6.92 Å². The van der Waals surface area contributed by atoms with Crippen LogP contribution in [0.5, 0.6) is 0 Å². The number of aryl methyl sites for hydroxylation is 1. The Labute approximate surface area is 65.3 Å². The maximum Gasteiger partial charge on any atom is 0.167 e. The van der Waals surface area contributed by atoms with E-state index in [4.69, 9.17) is 5.73 Å². The van der Waals surface area contributed by atoms with Crippen LogP contribution in [-0.2, 0) is 6.42 Å². The summed E-state index contributed by atoms with van der Waals surface area (Å²) in [5, 5.41) is 0. The molecular weight excluding hydrogens is 143 g/mol. The van der Waals surface area contributed by atoms with E-state index in [1.54, 1.807) is 0 Å². The van der Waals surface area contributed by atoms with Crippen molar-refractivity contribution in [1.29, 1.82) is 0 Å². The molecule has 2 nitrogen and oxygen atoms in total. The van der Waals surface area contributed by atoms with Crippen LogP contribution >= 0.6 is 0 Å². The predicted molar refractivity (Wildman–Crippen MR) is 42.6 cm³/mol. The molecule has 11 heavy (non-hydrogen) atoms. The molecule has 3 heteroatoms. The summed E-state index contributed by atoms with van der Waals surface area (Å²) in [6, 6.07) is 1.47. The van der Waals surface area contributed by atoms with Gasteiger partial charge in [-0.05, 0) is 12.5 Å². The van der Waals surface area contributed by atoms with Crippen molar-refractivity contribution in [2.75, 3.05) is 5.73 Å². The fourth-order valence-corrected chi connectivity index (χ4v) is 0.915. The average molecular weight is 154 g/mol. The van der Waals surface area contributed by atoms with Gasteiger partial charge in [0.1, 0.15) is 0 Å². The zero-order chi connectivity index (χ0) is 8.27. The molecule has 0 unspecified atom stereocenters. The highest BCUT2D eigenvalue weighted by Gasteiger charge is 2.04. The lowest BCUT2D eigenvalue weighted by Crippen LogP contribution is -1.98. The van der Waals surface area contributed by atoms with E-state index in [-0.39, 0.29) is 11.5 Å². The highest BCUT2D eigenvalue weighted by molar-refractivity contribution is 5.39. The van der Waals surface area contributed by atoms with Crippen molar-refractivity contribution in [3.05, 3.63) is 23.8 Å². The van der Waals surface area contributed by atoms with Crippen LogP contribution in [0.25, 0.3) is 0 Å². The Morgan fingerprint density at radius 1 is 1.64 bits per heavy atom. The Kier molecular flexibility index (Phi) is 2.41. The normalized spacial score (nSPS) is 10.0. The van der Waals surface area contributed by atoms with Crippen LogP contribution in [0.1, 0.15) is 19.0 Å². The molecule has 1 rings (SSSR count). The SMILES string of the molecule is CCCc1nccc(N)c1F. The summed E-state index contributed by atoms with van der Waals surface area (Å²) in [7, 11) is 0. The summed E-state index contributed by atoms with van der Waals surface area (Å²) < 4.78 is 13.0. The van der Waals surface area contributed by atoms with E-state index in [2.05, 4.69) is 4.98 Å². The zero-order valence-corrected chi connectivity index (χ0v) is 6.47. The second-order valence-corrected chi connectivity index (χ2v) is 2.41. The Bertz CT molecular complexity index is 248. The topological polar surface area (TPSA) is 38.9 Å². The minimum atomic E-state index is -0.366. The summed E-state index contributed by atoms with van der Waals surface area (Å²) in [6.07, 6.45) is 3.06. The summed E-state index contributed by atoms with van der Waals surface area (Å²) in [5.41, 5.74) is 5.98. The number of pyridine rings is 1. The Morgan fingerprint density at radius 3 is 3.00 bits per heavy atom. The molecule has 0 radical (unpaired) electrons. The van der Waals surface area contributed by atoms with Crippen LogP contribution in [0.15, 0.2) is 12.3 Å². The third-order valence-corrected chi connectivity index (χ3v) is 1.48. The molecule has 0 saturated heterocycles. The Balaban J connectivity index is 2.96. The third-order valence-electron chi connectivity index (χ3n) is 1.48. The molecule has 0 aliphatic heterocycles. The minimum absolute atomic E-state index is 0.184. The van der Waals surface area contributed by atoms with Crippen molar-refractivity contribution < 1.29 is 4.39 Å². The Hall–Kier alpha value is -1.12. The summed E-state index contributed by atoms with van der Waals surface area (Å²) >= 11 is 0. The third kappa shape index (κ3) is 1.67. The molecule has 1 aromatic rings. The van der Waals surface area contributed by atoms with Gasteiger partial charge in [-0.15, -0.1) is 0 Å². The average Bonchev–Trinajstić information content (AvgIpc) is 1.99. The van der Waals surface area contributed by atoms with Gasteiger partial charge in [0, 0.05) is 6.20 Å². The van der Waals surface area contributed by atoms with Crippen molar-refractivity contribution in [3.63, 3.8) is 0 Å². The molecule has 0 spiro atoms. The molecule has 0 atom stereocenters. The van der Waals surface area contributed by atoms with Crippen molar-refractivity contribution in [3.8, 4) is 0 Å². The van der Waals surface area contributed by atoms with Gasteiger partial charge in [-0.2, -0.15) is 0 Å². The van der Waals surface area contributed by atoms with Gasteiger partial charge in [0.05, 0.1) is 11.4 Å². The van der Waals surface area contributed by atoms with Crippen molar-refractivity contribution in [1.82, 2.24) is 4.98 Å². The second-order valence-electron chi connectivity index (χ2n) is 2.41. The van der Waals surface area contributed by atoms with Crippen LogP contribution in [0.4, 0.5) is 10.1 Å². The van der Waals surface area contributed by atoms with E-state index in [0.29, 0.717) is 12.1 Å². The van der Waals surface area contributed by atoms with E-state index < -0.39 is 0 Å². The summed E-state index contributed by atoms with van der Waals surface area (Å²) in [6.45, 7) is 1.98. The number of aromatic nitrogens is 1. The summed E-state index contributed by atoms with van der Waals surface area (Å²) in [5.74, 6) is -0.366. The number of hydrogen-bond donors (Lipinski definition) is 1. The first-order valence-corrected chi connectivity index (χ1v) is 3.64. The number of nitrogen functional groups attached to an aromatic ring is 1. The predicted octanol–water partition coefficient (Wildman–Crippen LogP) is 1.76. The van der Waals surface area contributed by atoms with E-state index in [1.165, 1.54) is 12.3 Å².